The van der Waals surface area contributed by atoms with Crippen molar-refractivity contribution in [2.24, 2.45) is 5.92 Å². The minimum Gasteiger partial charge on any atom is -0.434 e. The highest BCUT2D eigenvalue weighted by Gasteiger charge is 2.34. The van der Waals surface area contributed by atoms with Crippen LogP contribution < -0.4 is 4.74 Å². The summed E-state index contributed by atoms with van der Waals surface area (Å²) in [5.41, 5.74) is 0.0349. The first kappa shape index (κ1) is 22.4. The van der Waals surface area contributed by atoms with Crippen molar-refractivity contribution in [3.8, 4) is 5.75 Å². The fourth-order valence-corrected chi connectivity index (χ4v) is 4.70. The van der Waals surface area contributed by atoms with Crippen molar-refractivity contribution in [3.63, 3.8) is 0 Å². The summed E-state index contributed by atoms with van der Waals surface area (Å²) in [5, 5.41) is 0. The molecule has 30 heavy (non-hydrogen) atoms. The molecule has 3 rings (SSSR count). The Morgan fingerprint density at radius 1 is 1.07 bits per heavy atom. The van der Waals surface area contributed by atoms with Crippen molar-refractivity contribution in [1.29, 1.82) is 0 Å². The number of hydrogen-bond acceptors (Lipinski definition) is 5. The first-order chi connectivity index (χ1) is 14.2. The Kier molecular flexibility index (Phi) is 6.91. The first-order valence-corrected chi connectivity index (χ1v) is 11.6. The summed E-state index contributed by atoms with van der Waals surface area (Å²) in [6, 6.07) is 5.82. The van der Waals surface area contributed by atoms with Crippen LogP contribution in [0.1, 0.15) is 23.2 Å². The zero-order valence-corrected chi connectivity index (χ0v) is 17.5. The molecule has 0 radical (unpaired) electrons. The van der Waals surface area contributed by atoms with Crippen molar-refractivity contribution in [3.05, 3.63) is 29.8 Å². The van der Waals surface area contributed by atoms with E-state index in [0.717, 1.165) is 6.26 Å². The van der Waals surface area contributed by atoms with Crippen molar-refractivity contribution >= 4 is 21.8 Å². The maximum absolute atomic E-state index is 12.9. The van der Waals surface area contributed by atoms with Gasteiger partial charge in [-0.1, -0.05) is 12.1 Å². The molecule has 8 nitrogen and oxygen atoms in total. The average Bonchev–Trinajstić information content (AvgIpc) is 2.72. The van der Waals surface area contributed by atoms with Crippen LogP contribution in [0.3, 0.4) is 0 Å². The molecule has 1 unspecified atom stereocenters. The van der Waals surface area contributed by atoms with E-state index >= 15 is 0 Å². The lowest BCUT2D eigenvalue weighted by Gasteiger charge is -2.38. The second-order valence-electron chi connectivity index (χ2n) is 7.45. The third-order valence-electron chi connectivity index (χ3n) is 5.41. The molecule has 1 aromatic rings. The molecule has 2 amide bonds. The highest BCUT2D eigenvalue weighted by atomic mass is 32.2. The molecule has 0 aliphatic carbocycles. The summed E-state index contributed by atoms with van der Waals surface area (Å²) in [5.74, 6) is -1.16. The van der Waals surface area contributed by atoms with Gasteiger partial charge >= 0.3 is 6.61 Å². The second-order valence-corrected chi connectivity index (χ2v) is 9.43. The number of sulfonamides is 1. The van der Waals surface area contributed by atoms with Gasteiger partial charge in [0.2, 0.25) is 15.9 Å². The van der Waals surface area contributed by atoms with Gasteiger partial charge in [-0.05, 0) is 25.0 Å². The number of rotatable bonds is 5. The van der Waals surface area contributed by atoms with E-state index in [-0.39, 0.29) is 36.9 Å². The third kappa shape index (κ3) is 5.25. The van der Waals surface area contributed by atoms with Crippen molar-refractivity contribution < 1.29 is 31.5 Å². The first-order valence-electron chi connectivity index (χ1n) is 9.74. The van der Waals surface area contributed by atoms with Crippen LogP contribution in [0.2, 0.25) is 0 Å². The zero-order valence-electron chi connectivity index (χ0n) is 16.7. The SMILES string of the molecule is CS(=O)(=O)N1CCN(C(=O)C2CCCN(C(=O)c3ccccc3OC(F)F)C2)CC1. The predicted octanol–water partition coefficient (Wildman–Crippen LogP) is 1.24. The van der Waals surface area contributed by atoms with Gasteiger partial charge in [-0.15, -0.1) is 0 Å². The number of carbonyl (C=O) groups excluding carboxylic acids is 2. The molecular weight excluding hydrogens is 420 g/mol. The second kappa shape index (κ2) is 9.25. The van der Waals surface area contributed by atoms with E-state index in [4.69, 9.17) is 0 Å². The smallest absolute Gasteiger partial charge is 0.387 e. The molecule has 2 aliphatic rings. The lowest BCUT2D eigenvalue weighted by Crippen LogP contribution is -2.53. The molecule has 0 bridgehead atoms. The van der Waals surface area contributed by atoms with Crippen LogP contribution in [0, 0.1) is 5.92 Å². The van der Waals surface area contributed by atoms with Gasteiger partial charge in [0.05, 0.1) is 17.7 Å². The van der Waals surface area contributed by atoms with Gasteiger partial charge in [0.1, 0.15) is 5.75 Å². The van der Waals surface area contributed by atoms with E-state index in [1.807, 2.05) is 0 Å². The zero-order chi connectivity index (χ0) is 21.9. The predicted molar refractivity (Wildman–Crippen MR) is 105 cm³/mol. The summed E-state index contributed by atoms with van der Waals surface area (Å²) in [6.45, 7) is -1.32. The van der Waals surface area contributed by atoms with Crippen molar-refractivity contribution in [2.45, 2.75) is 19.5 Å². The normalized spacial score (nSPS) is 21.0. The summed E-state index contributed by atoms with van der Waals surface area (Å²) < 4.78 is 54.3. The molecule has 0 spiro atoms. The molecule has 166 valence electrons. The number of benzene rings is 1. The number of halogens is 2. The van der Waals surface area contributed by atoms with Gasteiger partial charge in [-0.2, -0.15) is 13.1 Å². The highest BCUT2D eigenvalue weighted by molar-refractivity contribution is 7.88. The largest absolute Gasteiger partial charge is 0.434 e. The molecule has 1 atom stereocenters. The van der Waals surface area contributed by atoms with E-state index in [9.17, 15) is 26.8 Å². The van der Waals surface area contributed by atoms with Gasteiger partial charge in [0.15, 0.2) is 0 Å². The highest BCUT2D eigenvalue weighted by Crippen LogP contribution is 2.26. The number of para-hydroxylation sites is 1. The fourth-order valence-electron chi connectivity index (χ4n) is 3.87. The topological polar surface area (TPSA) is 87.2 Å². The molecule has 11 heteroatoms. The quantitative estimate of drug-likeness (QED) is 0.681. The number of ether oxygens (including phenoxy) is 1. The monoisotopic (exact) mass is 445 g/mol. The third-order valence-corrected chi connectivity index (χ3v) is 6.71. The Morgan fingerprint density at radius 2 is 1.73 bits per heavy atom. The van der Waals surface area contributed by atoms with Crippen LogP contribution in [0.15, 0.2) is 24.3 Å². The van der Waals surface area contributed by atoms with Crippen LogP contribution in [-0.2, 0) is 14.8 Å². The fraction of sp³-hybridized carbons (Fsp3) is 0.579. The lowest BCUT2D eigenvalue weighted by atomic mass is 9.95. The van der Waals surface area contributed by atoms with E-state index < -0.39 is 28.5 Å². The average molecular weight is 445 g/mol. The molecule has 0 saturated carbocycles. The molecule has 2 fully saturated rings. The number of hydrogen-bond donors (Lipinski definition) is 0. The van der Waals surface area contributed by atoms with Crippen LogP contribution in [-0.4, -0.2) is 86.5 Å². The number of nitrogens with zero attached hydrogens (tertiary/aromatic N) is 3. The van der Waals surface area contributed by atoms with Gasteiger partial charge in [0.25, 0.3) is 5.91 Å². The maximum Gasteiger partial charge on any atom is 0.387 e. The summed E-state index contributed by atoms with van der Waals surface area (Å²) >= 11 is 0. The Morgan fingerprint density at radius 3 is 2.37 bits per heavy atom. The number of piperazine rings is 1. The molecule has 1 aromatic carbocycles. The van der Waals surface area contributed by atoms with Gasteiger partial charge in [0, 0.05) is 39.3 Å². The standard InChI is InChI=1S/C19H25F2N3O5S/c1-30(27,28)24-11-9-22(10-12-24)17(25)14-5-4-8-23(13-14)18(26)15-6-2-3-7-16(15)29-19(20)21/h2-3,6-7,14,19H,4-5,8-13H2,1H3. The van der Waals surface area contributed by atoms with Crippen LogP contribution >= 0.6 is 0 Å². The molecule has 2 saturated heterocycles. The minimum atomic E-state index is -3.29. The van der Waals surface area contributed by atoms with E-state index in [0.29, 0.717) is 32.5 Å². The summed E-state index contributed by atoms with van der Waals surface area (Å²) in [4.78, 5) is 29.0. The van der Waals surface area contributed by atoms with Crippen LogP contribution in [0.25, 0.3) is 0 Å². The molecule has 2 aliphatic heterocycles. The van der Waals surface area contributed by atoms with Crippen molar-refractivity contribution in [1.82, 2.24) is 14.1 Å². The molecule has 0 aromatic heterocycles. The number of carbonyl (C=O) groups is 2. The molecule has 2 heterocycles. The molecular formula is C19H25F2N3O5S. The van der Waals surface area contributed by atoms with Crippen LogP contribution in [0.5, 0.6) is 5.75 Å². The molecule has 0 N–H and O–H groups in total. The Labute approximate surface area is 174 Å². The number of alkyl halides is 2. The minimum absolute atomic E-state index is 0.0349. The van der Waals surface area contributed by atoms with Gasteiger partial charge in [-0.3, -0.25) is 9.59 Å². The van der Waals surface area contributed by atoms with Crippen molar-refractivity contribution in [2.75, 3.05) is 45.5 Å². The van der Waals surface area contributed by atoms with E-state index in [1.54, 1.807) is 11.0 Å². The number of piperidine rings is 1. The summed E-state index contributed by atoms with van der Waals surface area (Å²) in [6.07, 6.45) is 2.37. The number of amides is 2. The Hall–Kier alpha value is -2.27. The maximum atomic E-state index is 12.9. The van der Waals surface area contributed by atoms with Gasteiger partial charge in [-0.25, -0.2) is 8.42 Å². The number of likely N-dealkylation sites (tertiary alicyclic amines) is 1. The van der Waals surface area contributed by atoms with Crippen LogP contribution in [0.4, 0.5) is 8.78 Å². The van der Waals surface area contributed by atoms with E-state index in [2.05, 4.69) is 4.74 Å². The van der Waals surface area contributed by atoms with E-state index in [1.165, 1.54) is 27.4 Å². The van der Waals surface area contributed by atoms with Gasteiger partial charge < -0.3 is 14.5 Å². The lowest BCUT2D eigenvalue weighted by molar-refractivity contribution is -0.138. The summed E-state index contributed by atoms with van der Waals surface area (Å²) in [7, 11) is -3.29. The Bertz CT molecular complexity index is 888. The Balaban J connectivity index is 1.64.